The van der Waals surface area contributed by atoms with E-state index < -0.39 is 0 Å². The monoisotopic (exact) mass is 491 g/mol. The third kappa shape index (κ3) is 5.56. The van der Waals surface area contributed by atoms with Crippen molar-refractivity contribution in [2.45, 2.75) is 45.1 Å². The number of nitrogens with zero attached hydrogens (tertiary/aromatic N) is 3. The van der Waals surface area contributed by atoms with Crippen molar-refractivity contribution in [3.63, 3.8) is 0 Å². The summed E-state index contributed by atoms with van der Waals surface area (Å²) in [4.78, 5) is 32.4. The van der Waals surface area contributed by atoms with Crippen LogP contribution in [-0.4, -0.2) is 39.2 Å². The normalized spacial score (nSPS) is 14.2. The summed E-state index contributed by atoms with van der Waals surface area (Å²) < 4.78 is 2.25. The van der Waals surface area contributed by atoms with Gasteiger partial charge < -0.3 is 9.47 Å². The van der Waals surface area contributed by atoms with Crippen LogP contribution in [0.4, 0.5) is 0 Å². The Hall–Kier alpha value is -3.99. The highest BCUT2D eigenvalue weighted by atomic mass is 16.2. The molecule has 0 radical (unpaired) electrons. The van der Waals surface area contributed by atoms with Crippen molar-refractivity contribution in [1.29, 1.82) is 0 Å². The average Bonchev–Trinajstić information content (AvgIpc) is 3.41. The van der Waals surface area contributed by atoms with Crippen LogP contribution >= 0.6 is 0 Å². The molecule has 0 bridgehead atoms. The summed E-state index contributed by atoms with van der Waals surface area (Å²) in [6, 6.07) is 25.1. The Labute approximate surface area is 218 Å². The number of ketones is 1. The van der Waals surface area contributed by atoms with Crippen LogP contribution in [0.25, 0.3) is 0 Å². The zero-order chi connectivity index (χ0) is 25.8. The minimum atomic E-state index is -0.0354. The van der Waals surface area contributed by atoms with Crippen molar-refractivity contribution in [3.05, 3.63) is 125 Å². The van der Waals surface area contributed by atoms with Gasteiger partial charge in [-0.3, -0.25) is 9.59 Å². The van der Waals surface area contributed by atoms with Gasteiger partial charge in [0, 0.05) is 54.6 Å². The highest BCUT2D eigenvalue weighted by molar-refractivity contribution is 6.09. The number of amides is 1. The molecule has 1 aliphatic heterocycles. The van der Waals surface area contributed by atoms with Gasteiger partial charge in [-0.15, -0.1) is 0 Å². The van der Waals surface area contributed by atoms with E-state index in [4.69, 9.17) is 0 Å². The molecule has 5 nitrogen and oxygen atoms in total. The first-order valence-corrected chi connectivity index (χ1v) is 13.1. The summed E-state index contributed by atoms with van der Waals surface area (Å²) in [6.45, 7) is 6.62. The Balaban J connectivity index is 1.19. The second-order valence-corrected chi connectivity index (χ2v) is 10.1. The first-order chi connectivity index (χ1) is 18.0. The highest BCUT2D eigenvalue weighted by Crippen LogP contribution is 2.28. The lowest BCUT2D eigenvalue weighted by atomic mass is 9.95. The van der Waals surface area contributed by atoms with E-state index in [0.29, 0.717) is 41.6 Å². The van der Waals surface area contributed by atoms with Crippen LogP contribution in [-0.2, 0) is 6.54 Å². The molecule has 1 saturated heterocycles. The SMILES string of the molecule is CC(C)c1ccc(Cn2ccnc2C2CCN(C(=O)c3ccc(C(=O)c4ccccc4)cc3)CC2)cc1. The maximum absolute atomic E-state index is 13.1. The fraction of sp³-hybridized carbons (Fsp3) is 0.281. The van der Waals surface area contributed by atoms with E-state index in [9.17, 15) is 9.59 Å². The van der Waals surface area contributed by atoms with E-state index in [-0.39, 0.29) is 11.7 Å². The van der Waals surface area contributed by atoms with Gasteiger partial charge in [-0.2, -0.15) is 0 Å². The van der Waals surface area contributed by atoms with Gasteiger partial charge in [0.2, 0.25) is 0 Å². The number of benzene rings is 3. The third-order valence-corrected chi connectivity index (χ3v) is 7.32. The number of carbonyl (C=O) groups excluding carboxylic acids is 2. The van der Waals surface area contributed by atoms with E-state index in [0.717, 1.165) is 25.2 Å². The van der Waals surface area contributed by atoms with Gasteiger partial charge >= 0.3 is 0 Å². The summed E-state index contributed by atoms with van der Waals surface area (Å²) in [6.07, 6.45) is 5.72. The van der Waals surface area contributed by atoms with Crippen molar-refractivity contribution >= 4 is 11.7 Å². The fourth-order valence-electron chi connectivity index (χ4n) is 5.06. The maximum atomic E-state index is 13.1. The van der Waals surface area contributed by atoms with E-state index >= 15 is 0 Å². The number of hydrogen-bond acceptors (Lipinski definition) is 3. The van der Waals surface area contributed by atoms with Gasteiger partial charge in [0.15, 0.2) is 5.78 Å². The molecule has 0 saturated carbocycles. The van der Waals surface area contributed by atoms with Crippen molar-refractivity contribution in [2.24, 2.45) is 0 Å². The predicted octanol–water partition coefficient (Wildman–Crippen LogP) is 6.31. The topological polar surface area (TPSA) is 55.2 Å². The summed E-state index contributed by atoms with van der Waals surface area (Å²) in [5.74, 6) is 1.95. The Morgan fingerprint density at radius 1 is 0.838 bits per heavy atom. The van der Waals surface area contributed by atoms with Crippen LogP contribution in [0.5, 0.6) is 0 Å². The van der Waals surface area contributed by atoms with E-state index in [2.05, 4.69) is 53.9 Å². The molecule has 1 aliphatic rings. The first kappa shape index (κ1) is 24.7. The van der Waals surface area contributed by atoms with Gasteiger partial charge in [-0.25, -0.2) is 4.98 Å². The third-order valence-electron chi connectivity index (χ3n) is 7.32. The molecule has 5 heteroatoms. The smallest absolute Gasteiger partial charge is 0.253 e. The zero-order valence-electron chi connectivity index (χ0n) is 21.5. The standard InChI is InChI=1S/C32H33N3O2/c1-23(2)25-10-8-24(9-11-25)22-35-21-18-33-31(35)28-16-19-34(20-17-28)32(37)29-14-12-27(13-15-29)30(36)26-6-4-3-5-7-26/h3-15,18,21,23,28H,16-17,19-20,22H2,1-2H3. The van der Waals surface area contributed by atoms with Gasteiger partial charge in [0.1, 0.15) is 5.82 Å². The molecule has 1 amide bonds. The van der Waals surface area contributed by atoms with Crippen molar-refractivity contribution in [3.8, 4) is 0 Å². The molecule has 188 valence electrons. The number of hydrogen-bond donors (Lipinski definition) is 0. The van der Waals surface area contributed by atoms with Crippen LogP contribution in [0.1, 0.15) is 81.8 Å². The molecular formula is C32H33N3O2. The molecule has 1 aromatic heterocycles. The summed E-state index contributed by atoms with van der Waals surface area (Å²) in [5, 5.41) is 0. The molecule has 4 aromatic rings. The van der Waals surface area contributed by atoms with E-state index in [1.807, 2.05) is 29.3 Å². The van der Waals surface area contributed by atoms with Crippen molar-refractivity contribution < 1.29 is 9.59 Å². The molecule has 3 aromatic carbocycles. The zero-order valence-corrected chi connectivity index (χ0v) is 21.5. The van der Waals surface area contributed by atoms with E-state index in [1.54, 1.807) is 36.4 Å². The lowest BCUT2D eigenvalue weighted by Crippen LogP contribution is -2.38. The van der Waals surface area contributed by atoms with Crippen LogP contribution in [0.15, 0.2) is 91.3 Å². The second-order valence-electron chi connectivity index (χ2n) is 10.1. The Bertz CT molecular complexity index is 1350. The number of aromatic nitrogens is 2. The van der Waals surface area contributed by atoms with Crippen molar-refractivity contribution in [1.82, 2.24) is 14.5 Å². The molecule has 37 heavy (non-hydrogen) atoms. The molecule has 5 rings (SSSR count). The van der Waals surface area contributed by atoms with Gasteiger partial charge in [0.25, 0.3) is 5.91 Å². The molecule has 2 heterocycles. The van der Waals surface area contributed by atoms with Gasteiger partial charge in [-0.05, 0) is 42.0 Å². The van der Waals surface area contributed by atoms with Crippen LogP contribution in [0.3, 0.4) is 0 Å². The lowest BCUT2D eigenvalue weighted by molar-refractivity contribution is 0.0710. The molecule has 0 N–H and O–H groups in total. The number of likely N-dealkylation sites (tertiary alicyclic amines) is 1. The van der Waals surface area contributed by atoms with Gasteiger partial charge in [0.05, 0.1) is 0 Å². The lowest BCUT2D eigenvalue weighted by Gasteiger charge is -2.32. The number of imidazole rings is 1. The molecule has 0 spiro atoms. The summed E-state index contributed by atoms with van der Waals surface area (Å²) >= 11 is 0. The molecule has 0 unspecified atom stereocenters. The highest BCUT2D eigenvalue weighted by Gasteiger charge is 2.27. The molecule has 0 aliphatic carbocycles. The average molecular weight is 492 g/mol. The van der Waals surface area contributed by atoms with Crippen molar-refractivity contribution in [2.75, 3.05) is 13.1 Å². The number of rotatable bonds is 7. The summed E-state index contributed by atoms with van der Waals surface area (Å²) in [5.41, 5.74) is 4.48. The second kappa shape index (κ2) is 11.0. The minimum absolute atomic E-state index is 0.0192. The Morgan fingerprint density at radius 2 is 1.46 bits per heavy atom. The quantitative estimate of drug-likeness (QED) is 0.285. The first-order valence-electron chi connectivity index (χ1n) is 13.1. The molecular weight excluding hydrogens is 458 g/mol. The van der Waals surface area contributed by atoms with Crippen LogP contribution < -0.4 is 0 Å². The number of carbonyl (C=O) groups is 2. The van der Waals surface area contributed by atoms with E-state index in [1.165, 1.54) is 11.1 Å². The minimum Gasteiger partial charge on any atom is -0.339 e. The van der Waals surface area contributed by atoms with Crippen LogP contribution in [0, 0.1) is 0 Å². The Morgan fingerprint density at radius 3 is 2.11 bits per heavy atom. The van der Waals surface area contributed by atoms with Gasteiger partial charge in [-0.1, -0.05) is 80.6 Å². The fourth-order valence-corrected chi connectivity index (χ4v) is 5.06. The predicted molar refractivity (Wildman–Crippen MR) is 146 cm³/mol. The summed E-state index contributed by atoms with van der Waals surface area (Å²) in [7, 11) is 0. The molecule has 1 fully saturated rings. The maximum Gasteiger partial charge on any atom is 0.253 e. The number of piperidine rings is 1. The Kier molecular flexibility index (Phi) is 7.31. The van der Waals surface area contributed by atoms with Crippen LogP contribution in [0.2, 0.25) is 0 Å². The largest absolute Gasteiger partial charge is 0.339 e. The molecule has 0 atom stereocenters.